The van der Waals surface area contributed by atoms with Crippen LogP contribution in [0.3, 0.4) is 0 Å². The molecule has 0 radical (unpaired) electrons. The van der Waals surface area contributed by atoms with E-state index in [1.807, 2.05) is 0 Å². The Kier molecular flexibility index (Phi) is 5.17. The highest BCUT2D eigenvalue weighted by atomic mass is 35.5. The molecule has 0 fully saturated rings. The first-order valence-electron chi connectivity index (χ1n) is 6.56. The lowest BCUT2D eigenvalue weighted by molar-refractivity contribution is 0.0527. The Morgan fingerprint density at radius 2 is 2.00 bits per heavy atom. The molecule has 0 amide bonds. The quantitative estimate of drug-likeness (QED) is 0.838. The largest absolute Gasteiger partial charge is 0.462 e. The first kappa shape index (κ1) is 15.3. The van der Waals surface area contributed by atoms with E-state index in [0.29, 0.717) is 28.4 Å². The molecule has 0 bridgehead atoms. The summed E-state index contributed by atoms with van der Waals surface area (Å²) in [6.07, 6.45) is 0. The number of ether oxygens (including phenoxy) is 1. The maximum Gasteiger partial charge on any atom is 0.340 e. The topological polar surface area (TPSA) is 38.3 Å². The maximum absolute atomic E-state index is 13.7. The number of anilines is 1. The van der Waals surface area contributed by atoms with Crippen LogP contribution in [-0.2, 0) is 11.3 Å². The second kappa shape index (κ2) is 7.09. The first-order valence-corrected chi connectivity index (χ1v) is 6.94. The highest BCUT2D eigenvalue weighted by Gasteiger charge is 2.13. The molecule has 0 saturated heterocycles. The summed E-state index contributed by atoms with van der Waals surface area (Å²) >= 11 is 5.98. The summed E-state index contributed by atoms with van der Waals surface area (Å²) in [5.41, 5.74) is 1.35. The van der Waals surface area contributed by atoms with Crippen LogP contribution >= 0.6 is 11.6 Å². The molecule has 0 aromatic heterocycles. The Hall–Kier alpha value is -2.07. The van der Waals surface area contributed by atoms with E-state index in [0.717, 1.165) is 0 Å². The van der Waals surface area contributed by atoms with Crippen molar-refractivity contribution in [3.05, 3.63) is 64.4 Å². The molecule has 0 saturated carbocycles. The van der Waals surface area contributed by atoms with Crippen LogP contribution in [0.5, 0.6) is 0 Å². The number of hydrogen-bond donors (Lipinski definition) is 1. The van der Waals surface area contributed by atoms with Crippen molar-refractivity contribution >= 4 is 23.3 Å². The molecule has 2 aromatic carbocycles. The van der Waals surface area contributed by atoms with Gasteiger partial charge in [-0.15, -0.1) is 0 Å². The van der Waals surface area contributed by atoms with E-state index >= 15 is 0 Å². The van der Waals surface area contributed by atoms with E-state index < -0.39 is 5.97 Å². The van der Waals surface area contributed by atoms with Gasteiger partial charge >= 0.3 is 5.97 Å². The van der Waals surface area contributed by atoms with Gasteiger partial charge in [-0.3, -0.25) is 0 Å². The number of nitrogens with one attached hydrogen (secondary N) is 1. The van der Waals surface area contributed by atoms with Crippen molar-refractivity contribution in [3.63, 3.8) is 0 Å². The third kappa shape index (κ3) is 3.73. The zero-order valence-corrected chi connectivity index (χ0v) is 12.3. The van der Waals surface area contributed by atoms with Crippen molar-refractivity contribution in [2.45, 2.75) is 13.5 Å². The van der Waals surface area contributed by atoms with Crippen molar-refractivity contribution in [2.75, 3.05) is 11.9 Å². The van der Waals surface area contributed by atoms with Gasteiger partial charge < -0.3 is 10.1 Å². The normalized spacial score (nSPS) is 10.2. The summed E-state index contributed by atoms with van der Waals surface area (Å²) in [5.74, 6) is -0.802. The van der Waals surface area contributed by atoms with Gasteiger partial charge in [0.05, 0.1) is 12.2 Å². The minimum atomic E-state index is -0.416. The average Bonchev–Trinajstić information content (AvgIpc) is 2.47. The van der Waals surface area contributed by atoms with Crippen molar-refractivity contribution in [1.29, 1.82) is 0 Å². The van der Waals surface area contributed by atoms with Crippen LogP contribution in [0.2, 0.25) is 5.02 Å². The van der Waals surface area contributed by atoms with E-state index in [-0.39, 0.29) is 12.4 Å². The van der Waals surface area contributed by atoms with E-state index in [4.69, 9.17) is 16.3 Å². The van der Waals surface area contributed by atoms with Gasteiger partial charge in [0, 0.05) is 22.8 Å². The molecule has 2 rings (SSSR count). The Balaban J connectivity index is 2.19. The number of benzene rings is 2. The highest BCUT2D eigenvalue weighted by molar-refractivity contribution is 6.31. The van der Waals surface area contributed by atoms with Crippen LogP contribution in [-0.4, -0.2) is 12.6 Å². The van der Waals surface area contributed by atoms with Crippen LogP contribution in [0.4, 0.5) is 10.1 Å². The molecule has 0 spiro atoms. The van der Waals surface area contributed by atoms with Gasteiger partial charge in [-0.1, -0.05) is 29.8 Å². The molecule has 5 heteroatoms. The molecule has 0 aliphatic heterocycles. The summed E-state index contributed by atoms with van der Waals surface area (Å²) < 4.78 is 18.7. The lowest BCUT2D eigenvalue weighted by atomic mass is 10.1. The number of rotatable bonds is 5. The fourth-order valence-electron chi connectivity index (χ4n) is 1.91. The Bertz CT molecular complexity index is 626. The van der Waals surface area contributed by atoms with Gasteiger partial charge in [0.25, 0.3) is 0 Å². The Morgan fingerprint density at radius 3 is 2.71 bits per heavy atom. The van der Waals surface area contributed by atoms with E-state index in [2.05, 4.69) is 5.32 Å². The molecule has 3 nitrogen and oxygen atoms in total. The molecular formula is C16H15ClFNO2. The van der Waals surface area contributed by atoms with Gasteiger partial charge in [0.15, 0.2) is 0 Å². The fraction of sp³-hybridized carbons (Fsp3) is 0.188. The van der Waals surface area contributed by atoms with Crippen molar-refractivity contribution in [2.24, 2.45) is 0 Å². The zero-order valence-electron chi connectivity index (χ0n) is 11.5. The SMILES string of the molecule is CCOC(=O)c1ccccc1NCc1c(F)cccc1Cl. The summed E-state index contributed by atoms with van der Waals surface area (Å²) in [6.45, 7) is 2.22. The number of carbonyl (C=O) groups excluding carboxylic acids is 1. The van der Waals surface area contributed by atoms with Crippen LogP contribution in [0.1, 0.15) is 22.8 Å². The summed E-state index contributed by atoms with van der Waals surface area (Å²) in [4.78, 5) is 11.8. The molecule has 110 valence electrons. The molecule has 21 heavy (non-hydrogen) atoms. The minimum absolute atomic E-state index is 0.182. The number of esters is 1. The fourth-order valence-corrected chi connectivity index (χ4v) is 2.14. The molecule has 0 atom stereocenters. The van der Waals surface area contributed by atoms with Gasteiger partial charge in [-0.05, 0) is 31.2 Å². The minimum Gasteiger partial charge on any atom is -0.462 e. The molecular weight excluding hydrogens is 293 g/mol. The average molecular weight is 308 g/mol. The molecule has 0 unspecified atom stereocenters. The predicted molar refractivity (Wildman–Crippen MR) is 81.1 cm³/mol. The number of carbonyl (C=O) groups is 1. The standard InChI is InChI=1S/C16H15ClFNO2/c1-2-21-16(20)11-6-3-4-9-15(11)19-10-12-13(17)7-5-8-14(12)18/h3-9,19H,2,10H2,1H3. The Morgan fingerprint density at radius 1 is 1.24 bits per heavy atom. The molecule has 1 N–H and O–H groups in total. The monoisotopic (exact) mass is 307 g/mol. The Labute approximate surface area is 127 Å². The summed E-state index contributed by atoms with van der Waals surface area (Å²) in [5, 5.41) is 3.37. The second-order valence-electron chi connectivity index (χ2n) is 4.32. The third-order valence-corrected chi connectivity index (χ3v) is 3.29. The first-order chi connectivity index (χ1) is 10.1. The summed E-state index contributed by atoms with van der Waals surface area (Å²) in [6, 6.07) is 11.4. The van der Waals surface area contributed by atoms with Gasteiger partial charge in [-0.2, -0.15) is 0 Å². The second-order valence-corrected chi connectivity index (χ2v) is 4.73. The van der Waals surface area contributed by atoms with Crippen molar-refractivity contribution in [1.82, 2.24) is 0 Å². The maximum atomic E-state index is 13.7. The molecule has 0 aliphatic carbocycles. The number of halogens is 2. The van der Waals surface area contributed by atoms with Crippen molar-refractivity contribution < 1.29 is 13.9 Å². The molecule has 0 aliphatic rings. The molecule has 0 heterocycles. The third-order valence-electron chi connectivity index (χ3n) is 2.94. The summed E-state index contributed by atoms with van der Waals surface area (Å²) in [7, 11) is 0. The van der Waals surface area contributed by atoms with Crippen molar-refractivity contribution in [3.8, 4) is 0 Å². The van der Waals surface area contributed by atoms with Gasteiger partial charge in [0.2, 0.25) is 0 Å². The predicted octanol–water partition coefficient (Wildman–Crippen LogP) is 4.27. The van der Waals surface area contributed by atoms with E-state index in [1.165, 1.54) is 6.07 Å². The van der Waals surface area contributed by atoms with Gasteiger partial charge in [-0.25, -0.2) is 9.18 Å². The number of para-hydroxylation sites is 1. The van der Waals surface area contributed by atoms with E-state index in [1.54, 1.807) is 43.3 Å². The van der Waals surface area contributed by atoms with Crippen LogP contribution in [0.15, 0.2) is 42.5 Å². The van der Waals surface area contributed by atoms with Crippen LogP contribution < -0.4 is 5.32 Å². The van der Waals surface area contributed by atoms with Gasteiger partial charge in [0.1, 0.15) is 5.82 Å². The van der Waals surface area contributed by atoms with E-state index in [9.17, 15) is 9.18 Å². The lowest BCUT2D eigenvalue weighted by Crippen LogP contribution is -2.10. The highest BCUT2D eigenvalue weighted by Crippen LogP contribution is 2.22. The lowest BCUT2D eigenvalue weighted by Gasteiger charge is -2.12. The van der Waals surface area contributed by atoms with Crippen LogP contribution in [0.25, 0.3) is 0 Å². The smallest absolute Gasteiger partial charge is 0.340 e. The number of hydrogen-bond acceptors (Lipinski definition) is 3. The van der Waals surface area contributed by atoms with Crippen LogP contribution in [0, 0.1) is 5.82 Å². The zero-order chi connectivity index (χ0) is 15.2. The molecule has 2 aromatic rings.